The summed E-state index contributed by atoms with van der Waals surface area (Å²) in [4.78, 5) is 37.1. The number of nitrogens with zero attached hydrogens (tertiary/aromatic N) is 1. The third kappa shape index (κ3) is 3.37. The van der Waals surface area contributed by atoms with Gasteiger partial charge in [0.2, 0.25) is 0 Å². The Hall–Kier alpha value is -2.78. The van der Waals surface area contributed by atoms with Crippen LogP contribution in [0.3, 0.4) is 0 Å². The van der Waals surface area contributed by atoms with Crippen molar-refractivity contribution in [2.24, 2.45) is 0 Å². The van der Waals surface area contributed by atoms with E-state index in [1.807, 2.05) is 0 Å². The zero-order valence-corrected chi connectivity index (χ0v) is 14.8. The lowest BCUT2D eigenvalue weighted by Gasteiger charge is -2.28. The summed E-state index contributed by atoms with van der Waals surface area (Å²) in [7, 11) is 0. The predicted molar refractivity (Wildman–Crippen MR) is 96.0 cm³/mol. The molecule has 1 saturated heterocycles. The average Bonchev–Trinajstić information content (AvgIpc) is 2.97. The van der Waals surface area contributed by atoms with Crippen molar-refractivity contribution >= 4 is 62.8 Å². The largest absolute Gasteiger partial charge is 0.478 e. The van der Waals surface area contributed by atoms with Crippen LogP contribution in [0.4, 0.5) is 5.69 Å². The molecule has 1 fully saturated rings. The van der Waals surface area contributed by atoms with Crippen LogP contribution in [0, 0.1) is 0 Å². The molecule has 25 heavy (non-hydrogen) atoms. The van der Waals surface area contributed by atoms with Crippen LogP contribution in [-0.4, -0.2) is 28.0 Å². The second-order valence-electron chi connectivity index (χ2n) is 4.96. The molecule has 0 atom stereocenters. The first kappa shape index (κ1) is 17.1. The lowest BCUT2D eigenvalue weighted by Crippen LogP contribution is -2.54. The van der Waals surface area contributed by atoms with E-state index in [9.17, 15) is 14.4 Å². The van der Waals surface area contributed by atoms with Gasteiger partial charge in [-0.25, -0.2) is 4.79 Å². The minimum absolute atomic E-state index is 0.00880. The van der Waals surface area contributed by atoms with Gasteiger partial charge in [-0.15, -0.1) is 0 Å². The van der Waals surface area contributed by atoms with Crippen LogP contribution in [-0.2, 0) is 9.59 Å². The first-order valence-electron chi connectivity index (χ1n) is 6.87. The maximum absolute atomic E-state index is 12.7. The Bertz CT molecular complexity index is 950. The zero-order chi connectivity index (χ0) is 18.1. The highest BCUT2D eigenvalue weighted by Crippen LogP contribution is 2.24. The van der Waals surface area contributed by atoms with Gasteiger partial charge in [0, 0.05) is 0 Å². The topological polar surface area (TPSA) is 99.9 Å². The van der Waals surface area contributed by atoms with Gasteiger partial charge in [-0.05, 0) is 64.6 Å². The van der Waals surface area contributed by atoms with Crippen molar-refractivity contribution in [3.05, 3.63) is 58.0 Å². The highest BCUT2D eigenvalue weighted by Gasteiger charge is 2.35. The Morgan fingerprint density at radius 3 is 2.68 bits per heavy atom. The van der Waals surface area contributed by atoms with Crippen molar-refractivity contribution < 1.29 is 23.9 Å². The fourth-order valence-corrected chi connectivity index (χ4v) is 2.82. The maximum atomic E-state index is 12.7. The fourth-order valence-electron chi connectivity index (χ4n) is 2.22. The second kappa shape index (κ2) is 6.61. The summed E-state index contributed by atoms with van der Waals surface area (Å²) in [6, 6.07) is 8.90. The van der Waals surface area contributed by atoms with Gasteiger partial charge in [-0.1, -0.05) is 6.07 Å². The Kier molecular flexibility index (Phi) is 4.51. The molecule has 7 nitrogen and oxygen atoms in total. The van der Waals surface area contributed by atoms with Gasteiger partial charge < -0.3 is 9.52 Å². The minimum atomic E-state index is -1.14. The van der Waals surface area contributed by atoms with Gasteiger partial charge in [0.25, 0.3) is 11.8 Å². The number of rotatable bonds is 3. The smallest absolute Gasteiger partial charge is 0.335 e. The normalized spacial score (nSPS) is 16.3. The van der Waals surface area contributed by atoms with Gasteiger partial charge in [-0.3, -0.25) is 19.8 Å². The first-order valence-corrected chi connectivity index (χ1v) is 8.07. The lowest BCUT2D eigenvalue weighted by atomic mass is 10.1. The zero-order valence-electron chi connectivity index (χ0n) is 12.4. The van der Waals surface area contributed by atoms with Crippen LogP contribution < -0.4 is 10.2 Å². The maximum Gasteiger partial charge on any atom is 0.335 e. The number of halogens is 1. The van der Waals surface area contributed by atoms with Gasteiger partial charge in [-0.2, -0.15) is 0 Å². The molecule has 0 unspecified atom stereocenters. The standard InChI is InChI=1S/C16H9BrN2O5S/c17-12-5-4-10(24-12)7-11-13(20)18-16(25)19(14(11)21)9-3-1-2-8(6-9)15(22)23/h1-7H,(H,22,23)(H,18,20,25). The highest BCUT2D eigenvalue weighted by atomic mass is 79.9. The van der Waals surface area contributed by atoms with E-state index in [0.29, 0.717) is 10.4 Å². The third-order valence-electron chi connectivity index (χ3n) is 3.33. The molecule has 126 valence electrons. The summed E-state index contributed by atoms with van der Waals surface area (Å²) in [6.07, 6.45) is 1.29. The number of anilines is 1. The molecule has 2 heterocycles. The average molecular weight is 421 g/mol. The molecule has 0 saturated carbocycles. The first-order chi connectivity index (χ1) is 11.9. The summed E-state index contributed by atoms with van der Waals surface area (Å²) >= 11 is 8.20. The molecule has 0 radical (unpaired) electrons. The molecule has 1 aliphatic rings. The third-order valence-corrected chi connectivity index (χ3v) is 4.04. The van der Waals surface area contributed by atoms with Crippen molar-refractivity contribution in [3.8, 4) is 0 Å². The van der Waals surface area contributed by atoms with E-state index in [-0.39, 0.29) is 21.9 Å². The number of hydrogen-bond donors (Lipinski definition) is 2. The Morgan fingerprint density at radius 2 is 2.04 bits per heavy atom. The summed E-state index contributed by atoms with van der Waals surface area (Å²) < 4.78 is 5.73. The summed E-state index contributed by atoms with van der Waals surface area (Å²) in [5, 5.41) is 11.4. The van der Waals surface area contributed by atoms with E-state index in [0.717, 1.165) is 4.90 Å². The molecule has 2 amide bonds. The molecule has 2 aromatic rings. The van der Waals surface area contributed by atoms with Gasteiger partial charge >= 0.3 is 5.97 Å². The molecule has 1 aromatic carbocycles. The second-order valence-corrected chi connectivity index (χ2v) is 6.12. The molecule has 1 aromatic heterocycles. The van der Waals surface area contributed by atoms with E-state index >= 15 is 0 Å². The number of thiocarbonyl (C=S) groups is 1. The quantitative estimate of drug-likeness (QED) is 0.449. The van der Waals surface area contributed by atoms with Crippen molar-refractivity contribution in [1.82, 2.24) is 5.32 Å². The highest BCUT2D eigenvalue weighted by molar-refractivity contribution is 9.10. The van der Waals surface area contributed by atoms with Crippen LogP contribution >= 0.6 is 28.1 Å². The molecular weight excluding hydrogens is 412 g/mol. The molecular formula is C16H9BrN2O5S. The van der Waals surface area contributed by atoms with Crippen LogP contribution in [0.25, 0.3) is 6.08 Å². The SMILES string of the molecule is O=C1NC(=S)N(c2cccc(C(=O)O)c2)C(=O)C1=Cc1ccc(Br)o1. The number of aromatic carboxylic acids is 1. The van der Waals surface area contributed by atoms with E-state index in [4.69, 9.17) is 21.7 Å². The number of nitrogens with one attached hydrogen (secondary N) is 1. The Balaban J connectivity index is 2.02. The molecule has 0 bridgehead atoms. The van der Waals surface area contributed by atoms with Crippen LogP contribution in [0.2, 0.25) is 0 Å². The van der Waals surface area contributed by atoms with Crippen molar-refractivity contribution in [2.45, 2.75) is 0 Å². The van der Waals surface area contributed by atoms with Gasteiger partial charge in [0.1, 0.15) is 11.3 Å². The van der Waals surface area contributed by atoms with Crippen molar-refractivity contribution in [1.29, 1.82) is 0 Å². The number of furan rings is 1. The number of hydrogen-bond acceptors (Lipinski definition) is 5. The number of benzene rings is 1. The fraction of sp³-hybridized carbons (Fsp3) is 0. The van der Waals surface area contributed by atoms with E-state index in [2.05, 4.69) is 21.2 Å². The minimum Gasteiger partial charge on any atom is -0.478 e. The molecule has 3 rings (SSSR count). The molecule has 0 aliphatic carbocycles. The number of carbonyl (C=O) groups excluding carboxylic acids is 2. The summed E-state index contributed by atoms with van der Waals surface area (Å²) in [6.45, 7) is 0. The lowest BCUT2D eigenvalue weighted by molar-refractivity contribution is -0.122. The summed E-state index contributed by atoms with van der Waals surface area (Å²) in [5.41, 5.74) is 0.0445. The molecule has 9 heteroatoms. The van der Waals surface area contributed by atoms with E-state index in [1.165, 1.54) is 30.3 Å². The van der Waals surface area contributed by atoms with Crippen LogP contribution in [0.5, 0.6) is 0 Å². The summed E-state index contributed by atoms with van der Waals surface area (Å²) in [5.74, 6) is -2.17. The molecule has 1 aliphatic heterocycles. The predicted octanol–water partition coefficient (Wildman–Crippen LogP) is 2.57. The van der Waals surface area contributed by atoms with Crippen molar-refractivity contribution in [3.63, 3.8) is 0 Å². The number of carbonyl (C=O) groups is 3. The van der Waals surface area contributed by atoms with Gasteiger partial charge in [0.15, 0.2) is 9.78 Å². The van der Waals surface area contributed by atoms with Crippen LogP contribution in [0.1, 0.15) is 16.1 Å². The van der Waals surface area contributed by atoms with Crippen molar-refractivity contribution in [2.75, 3.05) is 4.90 Å². The number of amides is 2. The Labute approximate surface area is 155 Å². The number of carboxylic acids is 1. The van der Waals surface area contributed by atoms with E-state index in [1.54, 1.807) is 12.1 Å². The number of carboxylic acid groups (broad SMARTS) is 1. The van der Waals surface area contributed by atoms with Crippen LogP contribution in [0.15, 0.2) is 51.1 Å². The Morgan fingerprint density at radius 1 is 1.28 bits per heavy atom. The van der Waals surface area contributed by atoms with E-state index < -0.39 is 17.8 Å². The molecule has 0 spiro atoms. The van der Waals surface area contributed by atoms with Gasteiger partial charge in [0.05, 0.1) is 11.3 Å². The monoisotopic (exact) mass is 420 g/mol. The molecule has 2 N–H and O–H groups in total.